The van der Waals surface area contributed by atoms with Crippen molar-refractivity contribution >= 4 is 11.6 Å². The highest BCUT2D eigenvalue weighted by atomic mass is 35.5. The highest BCUT2D eigenvalue weighted by Crippen LogP contribution is 2.42. The summed E-state index contributed by atoms with van der Waals surface area (Å²) in [5, 5.41) is 4.07. The van der Waals surface area contributed by atoms with Crippen LogP contribution in [0.3, 0.4) is 0 Å². The molecule has 0 aliphatic carbocycles. The quantitative estimate of drug-likeness (QED) is 0.873. The van der Waals surface area contributed by atoms with Crippen molar-refractivity contribution in [1.29, 1.82) is 0 Å². The van der Waals surface area contributed by atoms with Crippen molar-refractivity contribution in [2.24, 2.45) is 5.92 Å². The van der Waals surface area contributed by atoms with Gasteiger partial charge in [-0.05, 0) is 31.5 Å². The molecule has 0 amide bonds. The van der Waals surface area contributed by atoms with Gasteiger partial charge in [-0.2, -0.15) is 0 Å². The summed E-state index contributed by atoms with van der Waals surface area (Å²) in [6, 6.07) is 4.10. The topological polar surface area (TPSA) is 39.7 Å². The number of nitrogens with one attached hydrogen (secondary N) is 1. The van der Waals surface area contributed by atoms with Crippen molar-refractivity contribution in [1.82, 2.24) is 5.32 Å². The van der Waals surface area contributed by atoms with Gasteiger partial charge in [-0.1, -0.05) is 18.5 Å². The molecule has 1 saturated heterocycles. The van der Waals surface area contributed by atoms with Crippen LogP contribution in [0.15, 0.2) is 12.1 Å². The second-order valence-electron chi connectivity index (χ2n) is 5.22. The van der Waals surface area contributed by atoms with Crippen LogP contribution in [0.25, 0.3) is 0 Å². The number of halogens is 1. The number of benzene rings is 1. The zero-order valence-electron chi connectivity index (χ0n) is 12.9. The summed E-state index contributed by atoms with van der Waals surface area (Å²) < 4.78 is 16.5. The van der Waals surface area contributed by atoms with Gasteiger partial charge in [0.15, 0.2) is 0 Å². The molecule has 5 heteroatoms. The van der Waals surface area contributed by atoms with Crippen molar-refractivity contribution in [2.45, 2.75) is 25.8 Å². The molecule has 0 aromatic heterocycles. The molecule has 2 unspecified atom stereocenters. The van der Waals surface area contributed by atoms with Crippen molar-refractivity contribution in [3.8, 4) is 11.5 Å². The molecule has 4 nitrogen and oxygen atoms in total. The van der Waals surface area contributed by atoms with Crippen LogP contribution in [0, 0.1) is 5.92 Å². The van der Waals surface area contributed by atoms with E-state index < -0.39 is 0 Å². The first-order valence-corrected chi connectivity index (χ1v) is 7.82. The third-order valence-electron chi connectivity index (χ3n) is 3.94. The highest BCUT2D eigenvalue weighted by Gasteiger charge is 2.28. The Balaban J connectivity index is 2.36. The van der Waals surface area contributed by atoms with E-state index in [1.165, 1.54) is 0 Å². The Morgan fingerprint density at radius 3 is 2.76 bits per heavy atom. The maximum Gasteiger partial charge on any atom is 0.146 e. The van der Waals surface area contributed by atoms with E-state index in [-0.39, 0.29) is 6.04 Å². The third kappa shape index (κ3) is 3.62. The van der Waals surface area contributed by atoms with Crippen LogP contribution in [0.2, 0.25) is 5.02 Å². The fourth-order valence-corrected chi connectivity index (χ4v) is 3.27. The number of ether oxygens (including phenoxy) is 3. The van der Waals surface area contributed by atoms with Crippen LogP contribution >= 0.6 is 11.6 Å². The predicted molar refractivity (Wildman–Crippen MR) is 84.5 cm³/mol. The van der Waals surface area contributed by atoms with Gasteiger partial charge < -0.3 is 19.5 Å². The molecule has 1 aliphatic rings. The zero-order chi connectivity index (χ0) is 15.2. The van der Waals surface area contributed by atoms with E-state index in [0.29, 0.717) is 22.4 Å². The van der Waals surface area contributed by atoms with Gasteiger partial charge in [0, 0.05) is 24.1 Å². The molecule has 21 heavy (non-hydrogen) atoms. The predicted octanol–water partition coefficient (Wildman–Crippen LogP) is 3.43. The highest BCUT2D eigenvalue weighted by molar-refractivity contribution is 6.33. The number of rotatable bonds is 6. The molecule has 2 rings (SSSR count). The Hall–Kier alpha value is -0.970. The first-order chi connectivity index (χ1) is 10.2. The van der Waals surface area contributed by atoms with Gasteiger partial charge in [-0.15, -0.1) is 0 Å². The van der Waals surface area contributed by atoms with Crippen LogP contribution in [0.5, 0.6) is 11.5 Å². The molecule has 1 heterocycles. The van der Waals surface area contributed by atoms with E-state index >= 15 is 0 Å². The summed E-state index contributed by atoms with van der Waals surface area (Å²) >= 11 is 6.39. The van der Waals surface area contributed by atoms with Crippen LogP contribution < -0.4 is 14.8 Å². The molecule has 0 radical (unpaired) electrons. The minimum absolute atomic E-state index is 0.175. The largest absolute Gasteiger partial charge is 0.495 e. The second-order valence-corrected chi connectivity index (χ2v) is 5.59. The lowest BCUT2D eigenvalue weighted by Crippen LogP contribution is -2.33. The maximum atomic E-state index is 6.39. The van der Waals surface area contributed by atoms with Gasteiger partial charge in [0.1, 0.15) is 16.5 Å². The van der Waals surface area contributed by atoms with Crippen LogP contribution in [0.1, 0.15) is 31.4 Å². The fraction of sp³-hybridized carbons (Fsp3) is 0.625. The third-order valence-corrected chi connectivity index (χ3v) is 4.30. The smallest absolute Gasteiger partial charge is 0.146 e. The maximum absolute atomic E-state index is 6.39. The SMILES string of the molecule is CCNC(c1ccc(OC)c(Cl)c1OC)C1CCCOC1. The molecule has 118 valence electrons. The molecule has 0 saturated carbocycles. The Morgan fingerprint density at radius 1 is 1.38 bits per heavy atom. The van der Waals surface area contributed by atoms with Crippen molar-refractivity contribution in [3.05, 3.63) is 22.7 Å². The molecular weight excluding hydrogens is 290 g/mol. The minimum Gasteiger partial charge on any atom is -0.495 e. The summed E-state index contributed by atoms with van der Waals surface area (Å²) in [7, 11) is 3.25. The van der Waals surface area contributed by atoms with Gasteiger partial charge >= 0.3 is 0 Å². The number of hydrogen-bond acceptors (Lipinski definition) is 4. The Kier molecular flexibility index (Phi) is 6.15. The molecule has 1 fully saturated rings. The average molecular weight is 314 g/mol. The monoisotopic (exact) mass is 313 g/mol. The molecule has 1 aromatic carbocycles. The van der Waals surface area contributed by atoms with Crippen molar-refractivity contribution < 1.29 is 14.2 Å². The lowest BCUT2D eigenvalue weighted by molar-refractivity contribution is 0.0389. The van der Waals surface area contributed by atoms with Gasteiger partial charge in [0.05, 0.1) is 20.8 Å². The molecule has 1 aromatic rings. The fourth-order valence-electron chi connectivity index (χ4n) is 2.94. The average Bonchev–Trinajstić information content (AvgIpc) is 2.53. The van der Waals surface area contributed by atoms with Crippen molar-refractivity contribution in [3.63, 3.8) is 0 Å². The lowest BCUT2D eigenvalue weighted by Gasteiger charge is -2.32. The second kappa shape index (κ2) is 7.87. The number of hydrogen-bond donors (Lipinski definition) is 1. The first-order valence-electron chi connectivity index (χ1n) is 7.44. The van der Waals surface area contributed by atoms with Gasteiger partial charge in [-0.25, -0.2) is 0 Å². The normalized spacial score (nSPS) is 20.1. The van der Waals surface area contributed by atoms with E-state index in [1.54, 1.807) is 14.2 Å². The lowest BCUT2D eigenvalue weighted by atomic mass is 9.88. The Bertz CT molecular complexity index is 461. The van der Waals surface area contributed by atoms with Gasteiger partial charge in [0.2, 0.25) is 0 Å². The standard InChI is InChI=1S/C16H24ClNO3/c1-4-18-15(11-6-5-9-21-10-11)12-7-8-13(19-2)14(17)16(12)20-3/h7-8,11,15,18H,4-6,9-10H2,1-3H3. The summed E-state index contributed by atoms with van der Waals surface area (Å²) in [5.41, 5.74) is 1.07. The molecule has 0 bridgehead atoms. The minimum atomic E-state index is 0.175. The summed E-state index contributed by atoms with van der Waals surface area (Å²) in [5.74, 6) is 1.75. The molecule has 1 N–H and O–H groups in total. The summed E-state index contributed by atoms with van der Waals surface area (Å²) in [6.45, 7) is 4.61. The van der Waals surface area contributed by atoms with Crippen LogP contribution in [-0.2, 0) is 4.74 Å². The Labute approximate surface area is 131 Å². The molecular formula is C16H24ClNO3. The van der Waals surface area contributed by atoms with Gasteiger partial charge in [0.25, 0.3) is 0 Å². The van der Waals surface area contributed by atoms with Crippen molar-refractivity contribution in [2.75, 3.05) is 34.0 Å². The van der Waals surface area contributed by atoms with E-state index in [1.807, 2.05) is 12.1 Å². The molecule has 0 spiro atoms. The first kappa shape index (κ1) is 16.4. The van der Waals surface area contributed by atoms with E-state index in [9.17, 15) is 0 Å². The molecule has 1 aliphatic heterocycles. The van der Waals surface area contributed by atoms with E-state index in [2.05, 4.69) is 12.2 Å². The van der Waals surface area contributed by atoms with Crippen LogP contribution in [-0.4, -0.2) is 34.0 Å². The van der Waals surface area contributed by atoms with Gasteiger partial charge in [-0.3, -0.25) is 0 Å². The van der Waals surface area contributed by atoms with E-state index in [4.69, 9.17) is 25.8 Å². The zero-order valence-corrected chi connectivity index (χ0v) is 13.7. The molecule has 2 atom stereocenters. The Morgan fingerprint density at radius 2 is 2.19 bits per heavy atom. The van der Waals surface area contributed by atoms with Crippen LogP contribution in [0.4, 0.5) is 0 Å². The summed E-state index contributed by atoms with van der Waals surface area (Å²) in [4.78, 5) is 0. The summed E-state index contributed by atoms with van der Waals surface area (Å²) in [6.07, 6.45) is 2.24. The van der Waals surface area contributed by atoms with E-state index in [0.717, 1.165) is 38.2 Å². The number of methoxy groups -OCH3 is 2.